The van der Waals surface area contributed by atoms with E-state index in [1.807, 2.05) is 0 Å². The highest BCUT2D eigenvalue weighted by molar-refractivity contribution is 6.31. The lowest BCUT2D eigenvalue weighted by Gasteiger charge is -2.21. The molecule has 0 aliphatic rings. The summed E-state index contributed by atoms with van der Waals surface area (Å²) in [6.45, 7) is 0. The second-order valence-electron chi connectivity index (χ2n) is 2.86. The molecule has 0 unspecified atom stereocenters. The van der Waals surface area contributed by atoms with Crippen molar-refractivity contribution in [3.8, 4) is 0 Å². The number of hydrogen-bond acceptors (Lipinski definition) is 1. The Morgan fingerprint density at radius 2 is 1.62 bits per heavy atom. The molecule has 0 amide bonds. The first-order chi connectivity index (χ1) is 7.20. The Balaban J connectivity index is 3.24. The van der Waals surface area contributed by atoms with Crippen molar-refractivity contribution in [3.63, 3.8) is 0 Å². The van der Waals surface area contributed by atoms with Gasteiger partial charge in [0.2, 0.25) is 0 Å². The zero-order valence-corrected chi connectivity index (χ0v) is 8.13. The lowest BCUT2D eigenvalue weighted by molar-refractivity contribution is -0.289. The molecular formula is C8H4ClF6N. The van der Waals surface area contributed by atoms with E-state index in [1.165, 1.54) is 0 Å². The summed E-state index contributed by atoms with van der Waals surface area (Å²) in [5, 5.41) is -0.870. The topological polar surface area (TPSA) is 12.0 Å². The summed E-state index contributed by atoms with van der Waals surface area (Å²) >= 11 is 5.21. The van der Waals surface area contributed by atoms with Crippen LogP contribution in [0.4, 0.5) is 32.1 Å². The van der Waals surface area contributed by atoms with E-state index < -0.39 is 22.7 Å². The molecule has 0 radical (unpaired) electrons. The van der Waals surface area contributed by atoms with Crippen molar-refractivity contribution in [1.29, 1.82) is 0 Å². The van der Waals surface area contributed by atoms with Crippen molar-refractivity contribution in [3.05, 3.63) is 28.8 Å². The number of nitrogens with one attached hydrogen (secondary N) is 1. The van der Waals surface area contributed by atoms with E-state index in [9.17, 15) is 26.4 Å². The van der Waals surface area contributed by atoms with Crippen molar-refractivity contribution in [2.75, 3.05) is 5.54 Å². The van der Waals surface area contributed by atoms with Gasteiger partial charge in [0.15, 0.2) is 0 Å². The number of halogens is 7. The largest absolute Gasteiger partial charge is 0.458 e. The Labute approximate surface area is 90.9 Å². The van der Waals surface area contributed by atoms with Crippen LogP contribution in [0, 0.1) is 0 Å². The van der Waals surface area contributed by atoms with Crippen molar-refractivity contribution >= 4 is 17.3 Å². The van der Waals surface area contributed by atoms with E-state index in [1.54, 1.807) is 0 Å². The molecule has 0 atom stereocenters. The fourth-order valence-electron chi connectivity index (χ4n) is 0.981. The standard InChI is InChI=1S/C8H4ClF6N/c9-6-3-4(16-15)1-2-5(6)7(10,11)8(12,13)14/h1-3,16H. The van der Waals surface area contributed by atoms with E-state index in [4.69, 9.17) is 11.6 Å². The van der Waals surface area contributed by atoms with Crippen LogP contribution in [0.3, 0.4) is 0 Å². The average Bonchev–Trinajstić information content (AvgIpc) is 2.15. The highest BCUT2D eigenvalue weighted by atomic mass is 35.5. The molecule has 90 valence electrons. The van der Waals surface area contributed by atoms with E-state index in [0.29, 0.717) is 12.1 Å². The first kappa shape index (κ1) is 13.0. The first-order valence-corrected chi connectivity index (χ1v) is 4.19. The van der Waals surface area contributed by atoms with Crippen LogP contribution in [0.5, 0.6) is 0 Å². The summed E-state index contributed by atoms with van der Waals surface area (Å²) in [6, 6.07) is 1.77. The molecule has 0 heterocycles. The predicted octanol–water partition coefficient (Wildman–Crippen LogP) is 4.29. The third-order valence-corrected chi connectivity index (χ3v) is 2.09. The van der Waals surface area contributed by atoms with Gasteiger partial charge >= 0.3 is 12.1 Å². The average molecular weight is 264 g/mol. The van der Waals surface area contributed by atoms with E-state index in [2.05, 4.69) is 0 Å². The molecule has 0 aliphatic carbocycles. The maximum atomic E-state index is 12.8. The Morgan fingerprint density at radius 3 is 2.00 bits per heavy atom. The van der Waals surface area contributed by atoms with E-state index in [0.717, 1.165) is 11.6 Å². The molecular weight excluding hydrogens is 260 g/mol. The fraction of sp³-hybridized carbons (Fsp3) is 0.250. The molecule has 0 saturated carbocycles. The molecule has 0 aliphatic heterocycles. The molecule has 1 nitrogen and oxygen atoms in total. The van der Waals surface area contributed by atoms with Crippen LogP contribution in [-0.4, -0.2) is 6.18 Å². The third kappa shape index (κ3) is 2.18. The van der Waals surface area contributed by atoms with Crippen molar-refractivity contribution in [2.24, 2.45) is 0 Å². The molecule has 1 rings (SSSR count). The Bertz CT molecular complexity index is 389. The highest BCUT2D eigenvalue weighted by Crippen LogP contribution is 2.46. The summed E-state index contributed by atoms with van der Waals surface area (Å²) in [5.41, 5.74) is -0.655. The number of hydrogen-bond donors (Lipinski definition) is 1. The van der Waals surface area contributed by atoms with Crippen LogP contribution in [0.25, 0.3) is 0 Å². The predicted molar refractivity (Wildman–Crippen MR) is 46.1 cm³/mol. The van der Waals surface area contributed by atoms with Crippen LogP contribution < -0.4 is 5.54 Å². The second kappa shape index (κ2) is 4.04. The number of benzene rings is 1. The molecule has 0 fully saturated rings. The van der Waals surface area contributed by atoms with Gasteiger partial charge in [0.05, 0.1) is 10.7 Å². The van der Waals surface area contributed by atoms with Crippen molar-refractivity contribution in [2.45, 2.75) is 12.1 Å². The lowest BCUT2D eigenvalue weighted by atomic mass is 10.1. The van der Waals surface area contributed by atoms with Gasteiger partial charge in [0.25, 0.3) is 0 Å². The minimum absolute atomic E-state index is 0.313. The van der Waals surface area contributed by atoms with Gasteiger partial charge in [-0.15, -0.1) is 4.48 Å². The molecule has 1 aromatic carbocycles. The second-order valence-corrected chi connectivity index (χ2v) is 3.27. The van der Waals surface area contributed by atoms with E-state index >= 15 is 0 Å². The van der Waals surface area contributed by atoms with Crippen LogP contribution in [0.1, 0.15) is 5.56 Å². The molecule has 0 aromatic heterocycles. The number of alkyl halides is 5. The van der Waals surface area contributed by atoms with Gasteiger partial charge < -0.3 is 0 Å². The zero-order valence-electron chi connectivity index (χ0n) is 7.38. The molecule has 0 saturated heterocycles. The minimum Gasteiger partial charge on any atom is -0.225 e. The van der Waals surface area contributed by atoms with Gasteiger partial charge in [0.1, 0.15) is 0 Å². The van der Waals surface area contributed by atoms with Gasteiger partial charge in [-0.05, 0) is 18.2 Å². The van der Waals surface area contributed by atoms with Crippen molar-refractivity contribution < 1.29 is 26.4 Å². The molecule has 1 aromatic rings. The van der Waals surface area contributed by atoms with Crippen LogP contribution in [0.2, 0.25) is 5.02 Å². The quantitative estimate of drug-likeness (QED) is 0.620. The third-order valence-electron chi connectivity index (χ3n) is 1.77. The molecule has 1 N–H and O–H groups in total. The summed E-state index contributed by atoms with van der Waals surface area (Å²) in [5.74, 6) is -5.07. The molecule has 8 heteroatoms. The van der Waals surface area contributed by atoms with Crippen molar-refractivity contribution in [1.82, 2.24) is 0 Å². The van der Waals surface area contributed by atoms with Gasteiger partial charge in [-0.25, -0.2) is 5.54 Å². The normalized spacial score (nSPS) is 12.7. The monoisotopic (exact) mass is 263 g/mol. The first-order valence-electron chi connectivity index (χ1n) is 3.81. The molecule has 16 heavy (non-hydrogen) atoms. The Hall–Kier alpha value is -1.11. The molecule has 0 spiro atoms. The van der Waals surface area contributed by atoms with E-state index in [-0.39, 0.29) is 5.69 Å². The summed E-state index contributed by atoms with van der Waals surface area (Å²) in [6.07, 6.45) is -5.75. The lowest BCUT2D eigenvalue weighted by Crippen LogP contribution is -2.33. The number of rotatable bonds is 2. The Morgan fingerprint density at radius 1 is 1.06 bits per heavy atom. The van der Waals surface area contributed by atoms with Crippen LogP contribution in [0.15, 0.2) is 18.2 Å². The fourth-order valence-corrected chi connectivity index (χ4v) is 1.28. The SMILES string of the molecule is FNc1ccc(C(F)(F)C(F)(F)F)c(Cl)c1. The minimum atomic E-state index is -5.75. The van der Waals surface area contributed by atoms with Crippen LogP contribution >= 0.6 is 11.6 Å². The van der Waals surface area contributed by atoms with Gasteiger partial charge in [-0.3, -0.25) is 0 Å². The smallest absolute Gasteiger partial charge is 0.225 e. The summed E-state index contributed by atoms with van der Waals surface area (Å²) in [7, 11) is 0. The summed E-state index contributed by atoms with van der Waals surface area (Å²) in [4.78, 5) is 0. The zero-order chi connectivity index (χ0) is 12.6. The number of anilines is 1. The Kier molecular flexibility index (Phi) is 3.27. The van der Waals surface area contributed by atoms with Gasteiger partial charge in [0, 0.05) is 5.56 Å². The highest BCUT2D eigenvalue weighted by Gasteiger charge is 2.59. The molecule has 0 bridgehead atoms. The van der Waals surface area contributed by atoms with Crippen LogP contribution in [-0.2, 0) is 5.92 Å². The maximum Gasteiger partial charge on any atom is 0.458 e. The summed E-state index contributed by atoms with van der Waals surface area (Å²) < 4.78 is 73.5. The maximum absolute atomic E-state index is 12.8. The van der Waals surface area contributed by atoms with Gasteiger partial charge in [-0.1, -0.05) is 11.6 Å². The van der Waals surface area contributed by atoms with Gasteiger partial charge in [-0.2, -0.15) is 22.0 Å².